The molecule has 3 aromatic carbocycles. The summed E-state index contributed by atoms with van der Waals surface area (Å²) in [6.07, 6.45) is 0. The van der Waals surface area contributed by atoms with E-state index in [9.17, 15) is 10.1 Å². The Balaban J connectivity index is 1.83. The van der Waals surface area contributed by atoms with Crippen LogP contribution in [0.15, 0.2) is 66.7 Å². The molecular formula is C20H12Cl2N4O2. The van der Waals surface area contributed by atoms with Gasteiger partial charge in [-0.25, -0.2) is 9.97 Å². The summed E-state index contributed by atoms with van der Waals surface area (Å²) in [6, 6.07) is 18.8. The molecule has 1 aromatic heterocycles. The van der Waals surface area contributed by atoms with E-state index >= 15 is 0 Å². The van der Waals surface area contributed by atoms with Crippen LogP contribution in [0.1, 0.15) is 0 Å². The van der Waals surface area contributed by atoms with Crippen LogP contribution in [0, 0.1) is 10.1 Å². The van der Waals surface area contributed by atoms with E-state index in [-0.39, 0.29) is 5.69 Å². The Labute approximate surface area is 169 Å². The molecule has 0 amide bonds. The van der Waals surface area contributed by atoms with Gasteiger partial charge < -0.3 is 5.32 Å². The number of para-hydroxylation sites is 1. The van der Waals surface area contributed by atoms with Gasteiger partial charge in [-0.15, -0.1) is 0 Å². The fraction of sp³-hybridized carbons (Fsp3) is 0. The standard InChI is InChI=1S/C20H12Cl2N4O2/c21-13-7-10-16(22)18(11-13)24-20-15-3-1-2-4-17(15)23-19(25-20)12-5-8-14(9-6-12)26(27)28/h1-11H,(H,23,24,25). The van der Waals surface area contributed by atoms with Crippen LogP contribution in [0.25, 0.3) is 22.3 Å². The highest BCUT2D eigenvalue weighted by Gasteiger charge is 2.12. The fourth-order valence-electron chi connectivity index (χ4n) is 2.75. The first-order valence-corrected chi connectivity index (χ1v) is 9.00. The van der Waals surface area contributed by atoms with Crippen LogP contribution in [0.3, 0.4) is 0 Å². The fourth-order valence-corrected chi connectivity index (χ4v) is 3.09. The number of nitro groups is 1. The molecule has 4 rings (SSSR count). The average molecular weight is 411 g/mol. The number of benzene rings is 3. The lowest BCUT2D eigenvalue weighted by Crippen LogP contribution is -2.00. The summed E-state index contributed by atoms with van der Waals surface area (Å²) in [4.78, 5) is 19.6. The molecule has 0 aliphatic rings. The molecular weight excluding hydrogens is 399 g/mol. The number of fused-ring (bicyclic) bond motifs is 1. The van der Waals surface area contributed by atoms with Crippen molar-refractivity contribution in [1.29, 1.82) is 0 Å². The molecule has 0 saturated heterocycles. The van der Waals surface area contributed by atoms with Crippen LogP contribution in [-0.4, -0.2) is 14.9 Å². The maximum atomic E-state index is 10.9. The van der Waals surface area contributed by atoms with Gasteiger partial charge in [0.05, 0.1) is 21.2 Å². The summed E-state index contributed by atoms with van der Waals surface area (Å²) in [6.45, 7) is 0. The van der Waals surface area contributed by atoms with Gasteiger partial charge in [0.15, 0.2) is 5.82 Å². The maximum absolute atomic E-state index is 10.9. The Morgan fingerprint density at radius 1 is 0.929 bits per heavy atom. The zero-order chi connectivity index (χ0) is 19.7. The predicted octanol–water partition coefficient (Wildman–Crippen LogP) is 6.26. The first-order valence-electron chi connectivity index (χ1n) is 8.25. The number of nitrogens with zero attached hydrogens (tertiary/aromatic N) is 3. The number of hydrogen-bond donors (Lipinski definition) is 1. The van der Waals surface area contributed by atoms with Crippen molar-refractivity contribution in [2.45, 2.75) is 0 Å². The van der Waals surface area contributed by atoms with Crippen LogP contribution in [0.5, 0.6) is 0 Å². The number of aromatic nitrogens is 2. The van der Waals surface area contributed by atoms with E-state index in [1.54, 1.807) is 30.3 Å². The minimum Gasteiger partial charge on any atom is -0.338 e. The van der Waals surface area contributed by atoms with Gasteiger partial charge in [-0.3, -0.25) is 10.1 Å². The molecule has 0 radical (unpaired) electrons. The Morgan fingerprint density at radius 2 is 1.68 bits per heavy atom. The van der Waals surface area contributed by atoms with Crippen molar-refractivity contribution in [2.24, 2.45) is 0 Å². The first kappa shape index (κ1) is 18.2. The van der Waals surface area contributed by atoms with E-state index in [0.29, 0.717) is 32.9 Å². The highest BCUT2D eigenvalue weighted by molar-refractivity contribution is 6.35. The molecule has 0 fully saturated rings. The van der Waals surface area contributed by atoms with E-state index in [1.807, 2.05) is 24.3 Å². The lowest BCUT2D eigenvalue weighted by molar-refractivity contribution is -0.384. The SMILES string of the molecule is O=[N+]([O-])c1ccc(-c2nc(Nc3cc(Cl)ccc3Cl)c3ccccc3n2)cc1. The summed E-state index contributed by atoms with van der Waals surface area (Å²) < 4.78 is 0. The third-order valence-electron chi connectivity index (χ3n) is 4.12. The van der Waals surface area contributed by atoms with Gasteiger partial charge in [0.1, 0.15) is 5.82 Å². The first-order chi connectivity index (χ1) is 13.5. The summed E-state index contributed by atoms with van der Waals surface area (Å²) >= 11 is 12.4. The molecule has 1 N–H and O–H groups in total. The Kier molecular flexibility index (Phi) is 4.81. The zero-order valence-corrected chi connectivity index (χ0v) is 15.8. The minimum absolute atomic E-state index is 0.00796. The Hall–Kier alpha value is -3.22. The van der Waals surface area contributed by atoms with Gasteiger partial charge in [0.25, 0.3) is 5.69 Å². The molecule has 0 aliphatic heterocycles. The molecule has 0 saturated carbocycles. The van der Waals surface area contributed by atoms with E-state index in [0.717, 1.165) is 10.9 Å². The molecule has 1 heterocycles. The van der Waals surface area contributed by atoms with Gasteiger partial charge in [0.2, 0.25) is 0 Å². The van der Waals surface area contributed by atoms with Crippen molar-refractivity contribution >= 4 is 51.3 Å². The summed E-state index contributed by atoms with van der Waals surface area (Å²) in [5.74, 6) is 0.998. The monoisotopic (exact) mass is 410 g/mol. The number of nitro benzene ring substituents is 1. The second kappa shape index (κ2) is 7.42. The highest BCUT2D eigenvalue weighted by Crippen LogP contribution is 2.32. The lowest BCUT2D eigenvalue weighted by Gasteiger charge is -2.12. The molecule has 4 aromatic rings. The van der Waals surface area contributed by atoms with Crippen molar-refractivity contribution in [1.82, 2.24) is 9.97 Å². The number of halogens is 2. The Bertz CT molecular complexity index is 1200. The third-order valence-corrected chi connectivity index (χ3v) is 4.69. The smallest absolute Gasteiger partial charge is 0.269 e. The van der Waals surface area contributed by atoms with Crippen LogP contribution >= 0.6 is 23.2 Å². The molecule has 6 nitrogen and oxygen atoms in total. The largest absolute Gasteiger partial charge is 0.338 e. The van der Waals surface area contributed by atoms with Gasteiger partial charge in [-0.05, 0) is 42.5 Å². The van der Waals surface area contributed by atoms with Crippen molar-refractivity contribution in [2.75, 3.05) is 5.32 Å². The maximum Gasteiger partial charge on any atom is 0.269 e. The average Bonchev–Trinajstić information content (AvgIpc) is 2.70. The van der Waals surface area contributed by atoms with Crippen LogP contribution in [0.4, 0.5) is 17.2 Å². The quantitative estimate of drug-likeness (QED) is 0.317. The van der Waals surface area contributed by atoms with Crippen LogP contribution in [-0.2, 0) is 0 Å². The second-order valence-electron chi connectivity index (χ2n) is 5.97. The van der Waals surface area contributed by atoms with Crippen molar-refractivity contribution in [3.63, 3.8) is 0 Å². The summed E-state index contributed by atoms with van der Waals surface area (Å²) in [5, 5.41) is 16.0. The topological polar surface area (TPSA) is 81.0 Å². The number of nitrogens with one attached hydrogen (secondary N) is 1. The van der Waals surface area contributed by atoms with E-state index in [4.69, 9.17) is 23.2 Å². The van der Waals surface area contributed by atoms with E-state index in [2.05, 4.69) is 15.3 Å². The predicted molar refractivity (Wildman–Crippen MR) is 111 cm³/mol. The van der Waals surface area contributed by atoms with Gasteiger partial charge in [-0.2, -0.15) is 0 Å². The number of rotatable bonds is 4. The molecule has 28 heavy (non-hydrogen) atoms. The van der Waals surface area contributed by atoms with Gasteiger partial charge >= 0.3 is 0 Å². The van der Waals surface area contributed by atoms with E-state index in [1.165, 1.54) is 12.1 Å². The Morgan fingerprint density at radius 3 is 2.43 bits per heavy atom. The molecule has 0 atom stereocenters. The van der Waals surface area contributed by atoms with Crippen molar-refractivity contribution < 1.29 is 4.92 Å². The van der Waals surface area contributed by atoms with Crippen molar-refractivity contribution in [3.8, 4) is 11.4 Å². The van der Waals surface area contributed by atoms with Crippen molar-refractivity contribution in [3.05, 3.63) is 86.9 Å². The zero-order valence-electron chi connectivity index (χ0n) is 14.3. The molecule has 0 aliphatic carbocycles. The second-order valence-corrected chi connectivity index (χ2v) is 6.81. The molecule has 0 unspecified atom stereocenters. The van der Waals surface area contributed by atoms with Crippen LogP contribution in [0.2, 0.25) is 10.0 Å². The lowest BCUT2D eigenvalue weighted by atomic mass is 10.1. The number of anilines is 2. The van der Waals surface area contributed by atoms with Crippen LogP contribution < -0.4 is 5.32 Å². The number of non-ortho nitro benzene ring substituents is 1. The number of hydrogen-bond acceptors (Lipinski definition) is 5. The summed E-state index contributed by atoms with van der Waals surface area (Å²) in [5.41, 5.74) is 2.02. The molecule has 0 spiro atoms. The molecule has 8 heteroatoms. The highest BCUT2D eigenvalue weighted by atomic mass is 35.5. The normalized spacial score (nSPS) is 10.8. The minimum atomic E-state index is -0.445. The van der Waals surface area contributed by atoms with E-state index < -0.39 is 4.92 Å². The molecule has 138 valence electrons. The third kappa shape index (κ3) is 3.60. The summed E-state index contributed by atoms with van der Waals surface area (Å²) in [7, 11) is 0. The molecule has 0 bridgehead atoms. The van der Waals surface area contributed by atoms with Gasteiger partial charge in [0, 0.05) is 28.1 Å². The van der Waals surface area contributed by atoms with Gasteiger partial charge in [-0.1, -0.05) is 35.3 Å².